The number of amides is 1. The highest BCUT2D eigenvalue weighted by Gasteiger charge is 2.63. The lowest BCUT2D eigenvalue weighted by atomic mass is 10.0. The van der Waals surface area contributed by atoms with Gasteiger partial charge >= 0.3 is 0 Å². The average molecular weight is 307 g/mol. The minimum atomic E-state index is -0.715. The van der Waals surface area contributed by atoms with Gasteiger partial charge in [-0.1, -0.05) is 25.5 Å². The SMILES string of the molecule is Cc1ccc(Br)c(C(=O)NC2(C#N)CC2(C)C)c1. The van der Waals surface area contributed by atoms with Crippen LogP contribution in [0.4, 0.5) is 0 Å². The van der Waals surface area contributed by atoms with Crippen LogP contribution in [0.25, 0.3) is 0 Å². The summed E-state index contributed by atoms with van der Waals surface area (Å²) in [5.74, 6) is -0.197. The van der Waals surface area contributed by atoms with Crippen molar-refractivity contribution in [1.82, 2.24) is 5.32 Å². The summed E-state index contributed by atoms with van der Waals surface area (Å²) >= 11 is 3.37. The molecule has 0 saturated heterocycles. The molecule has 4 heteroatoms. The number of carbonyl (C=O) groups excluding carboxylic acids is 1. The molecule has 0 aliphatic heterocycles. The minimum absolute atomic E-state index is 0.145. The molecular formula is C14H15BrN2O. The Morgan fingerprint density at radius 3 is 2.61 bits per heavy atom. The number of carbonyl (C=O) groups is 1. The predicted molar refractivity (Wildman–Crippen MR) is 73.1 cm³/mol. The van der Waals surface area contributed by atoms with Crippen LogP contribution < -0.4 is 5.32 Å². The van der Waals surface area contributed by atoms with E-state index in [1.807, 2.05) is 39.0 Å². The summed E-state index contributed by atoms with van der Waals surface area (Å²) in [6.07, 6.45) is 0.700. The van der Waals surface area contributed by atoms with Crippen molar-refractivity contribution in [2.75, 3.05) is 0 Å². The van der Waals surface area contributed by atoms with E-state index in [9.17, 15) is 10.1 Å². The van der Waals surface area contributed by atoms with Crippen LogP contribution in [0, 0.1) is 23.7 Å². The Balaban J connectivity index is 2.24. The third-order valence-corrected chi connectivity index (χ3v) is 4.31. The highest BCUT2D eigenvalue weighted by Crippen LogP contribution is 2.55. The van der Waals surface area contributed by atoms with Crippen LogP contribution in [-0.4, -0.2) is 11.4 Å². The normalized spacial score (nSPS) is 24.2. The Kier molecular flexibility index (Phi) is 2.98. The smallest absolute Gasteiger partial charge is 0.253 e. The molecule has 18 heavy (non-hydrogen) atoms. The van der Waals surface area contributed by atoms with E-state index >= 15 is 0 Å². The maximum absolute atomic E-state index is 12.2. The first-order chi connectivity index (χ1) is 8.31. The number of halogens is 1. The highest BCUT2D eigenvalue weighted by atomic mass is 79.9. The molecule has 1 fully saturated rings. The highest BCUT2D eigenvalue weighted by molar-refractivity contribution is 9.10. The first-order valence-electron chi connectivity index (χ1n) is 5.81. The Bertz CT molecular complexity index is 559. The van der Waals surface area contributed by atoms with E-state index in [-0.39, 0.29) is 11.3 Å². The van der Waals surface area contributed by atoms with Crippen LogP contribution in [0.15, 0.2) is 22.7 Å². The number of nitriles is 1. The maximum atomic E-state index is 12.2. The number of hydrogen-bond donors (Lipinski definition) is 1. The number of benzene rings is 1. The van der Waals surface area contributed by atoms with Crippen molar-refractivity contribution in [2.45, 2.75) is 32.7 Å². The fraction of sp³-hybridized carbons (Fsp3) is 0.429. The van der Waals surface area contributed by atoms with E-state index in [4.69, 9.17) is 0 Å². The first-order valence-corrected chi connectivity index (χ1v) is 6.60. The van der Waals surface area contributed by atoms with Crippen molar-refractivity contribution in [2.24, 2.45) is 5.41 Å². The Hall–Kier alpha value is -1.34. The van der Waals surface area contributed by atoms with Gasteiger partial charge in [0.05, 0.1) is 11.6 Å². The molecule has 1 atom stereocenters. The van der Waals surface area contributed by atoms with Gasteiger partial charge in [-0.05, 0) is 41.4 Å². The van der Waals surface area contributed by atoms with Gasteiger partial charge in [-0.15, -0.1) is 0 Å². The van der Waals surface area contributed by atoms with Crippen molar-refractivity contribution in [3.63, 3.8) is 0 Å². The van der Waals surface area contributed by atoms with Crippen LogP contribution in [0.5, 0.6) is 0 Å². The van der Waals surface area contributed by atoms with E-state index in [1.165, 1.54) is 0 Å². The number of nitrogens with zero attached hydrogens (tertiary/aromatic N) is 1. The van der Waals surface area contributed by atoms with Gasteiger partial charge in [0, 0.05) is 9.89 Å². The van der Waals surface area contributed by atoms with Crippen LogP contribution >= 0.6 is 15.9 Å². The minimum Gasteiger partial charge on any atom is -0.333 e. The van der Waals surface area contributed by atoms with E-state index in [2.05, 4.69) is 27.3 Å². The zero-order valence-electron chi connectivity index (χ0n) is 10.7. The second-order valence-electron chi connectivity index (χ2n) is 5.52. The molecule has 1 saturated carbocycles. The van der Waals surface area contributed by atoms with Crippen LogP contribution in [-0.2, 0) is 0 Å². The molecule has 3 nitrogen and oxygen atoms in total. The van der Waals surface area contributed by atoms with Gasteiger partial charge in [-0.2, -0.15) is 5.26 Å². The van der Waals surface area contributed by atoms with Crippen molar-refractivity contribution < 1.29 is 4.79 Å². The second kappa shape index (κ2) is 4.10. The largest absolute Gasteiger partial charge is 0.333 e. The van der Waals surface area contributed by atoms with Crippen molar-refractivity contribution in [1.29, 1.82) is 5.26 Å². The molecule has 0 radical (unpaired) electrons. The van der Waals surface area contributed by atoms with Crippen molar-refractivity contribution in [3.8, 4) is 6.07 Å². The maximum Gasteiger partial charge on any atom is 0.253 e. The Labute approximate surface area is 115 Å². The number of rotatable bonds is 2. The quantitative estimate of drug-likeness (QED) is 0.912. The number of nitrogens with one attached hydrogen (secondary N) is 1. The fourth-order valence-electron chi connectivity index (χ4n) is 2.13. The van der Waals surface area contributed by atoms with Gasteiger partial charge < -0.3 is 5.32 Å². The Morgan fingerprint density at radius 1 is 1.50 bits per heavy atom. The summed E-state index contributed by atoms with van der Waals surface area (Å²) in [4.78, 5) is 12.2. The molecule has 1 unspecified atom stereocenters. The third-order valence-electron chi connectivity index (χ3n) is 3.62. The van der Waals surface area contributed by atoms with Gasteiger partial charge in [0.25, 0.3) is 5.91 Å². The molecule has 1 aromatic rings. The van der Waals surface area contributed by atoms with Crippen LogP contribution in [0.1, 0.15) is 36.2 Å². The molecular weight excluding hydrogens is 292 g/mol. The number of aryl methyl sites for hydroxylation is 1. The topological polar surface area (TPSA) is 52.9 Å². The van der Waals surface area contributed by atoms with E-state index in [1.54, 1.807) is 0 Å². The summed E-state index contributed by atoms with van der Waals surface area (Å²) in [5.41, 5.74) is 0.734. The summed E-state index contributed by atoms with van der Waals surface area (Å²) in [5, 5.41) is 12.1. The molecule has 0 heterocycles. The molecule has 1 aliphatic carbocycles. The molecule has 1 aromatic carbocycles. The molecule has 94 valence electrons. The molecule has 0 spiro atoms. The molecule has 0 bridgehead atoms. The van der Waals surface area contributed by atoms with Crippen LogP contribution in [0.2, 0.25) is 0 Å². The molecule has 1 N–H and O–H groups in total. The van der Waals surface area contributed by atoms with Gasteiger partial charge in [0.2, 0.25) is 0 Å². The summed E-state index contributed by atoms with van der Waals surface area (Å²) < 4.78 is 0.747. The standard InChI is InChI=1S/C14H15BrN2O/c1-9-4-5-11(15)10(6-9)12(18)17-14(8-16)7-13(14,2)3/h4-6H,7H2,1-3H3,(H,17,18). The summed E-state index contributed by atoms with van der Waals surface area (Å²) in [6, 6.07) is 7.83. The zero-order valence-corrected chi connectivity index (χ0v) is 12.3. The molecule has 1 aliphatic rings. The van der Waals surface area contributed by atoms with Crippen molar-refractivity contribution in [3.05, 3.63) is 33.8 Å². The molecule has 1 amide bonds. The van der Waals surface area contributed by atoms with Crippen LogP contribution in [0.3, 0.4) is 0 Å². The number of hydrogen-bond acceptors (Lipinski definition) is 2. The second-order valence-corrected chi connectivity index (χ2v) is 6.37. The fourth-order valence-corrected chi connectivity index (χ4v) is 2.55. The lowest BCUT2D eigenvalue weighted by Crippen LogP contribution is -2.39. The van der Waals surface area contributed by atoms with E-state index < -0.39 is 5.54 Å². The van der Waals surface area contributed by atoms with E-state index in [0.717, 1.165) is 10.0 Å². The summed E-state index contributed by atoms with van der Waals surface area (Å²) in [6.45, 7) is 5.91. The average Bonchev–Trinajstić information content (AvgIpc) is 2.84. The predicted octanol–water partition coefficient (Wildman–Crippen LogP) is 3.18. The van der Waals surface area contributed by atoms with Gasteiger partial charge in [-0.25, -0.2) is 0 Å². The zero-order chi connectivity index (χ0) is 13.6. The van der Waals surface area contributed by atoms with Gasteiger partial charge in [-0.3, -0.25) is 4.79 Å². The lowest BCUT2D eigenvalue weighted by molar-refractivity contribution is 0.0933. The lowest BCUT2D eigenvalue weighted by Gasteiger charge is -2.15. The summed E-state index contributed by atoms with van der Waals surface area (Å²) in [7, 11) is 0. The third kappa shape index (κ3) is 2.04. The molecule has 0 aromatic heterocycles. The first kappa shape index (κ1) is 13.1. The Morgan fingerprint density at radius 2 is 2.11 bits per heavy atom. The van der Waals surface area contributed by atoms with Crippen molar-refractivity contribution >= 4 is 21.8 Å². The monoisotopic (exact) mass is 306 g/mol. The van der Waals surface area contributed by atoms with Gasteiger partial charge in [0.15, 0.2) is 0 Å². The van der Waals surface area contributed by atoms with Gasteiger partial charge in [0.1, 0.15) is 5.54 Å². The van der Waals surface area contributed by atoms with E-state index in [0.29, 0.717) is 12.0 Å². The molecule has 2 rings (SSSR count).